The van der Waals surface area contributed by atoms with Crippen molar-refractivity contribution >= 4 is 22.6 Å². The summed E-state index contributed by atoms with van der Waals surface area (Å²) in [7, 11) is 1.50. The van der Waals surface area contributed by atoms with Crippen LogP contribution in [0.25, 0.3) is 11.0 Å². The number of carbonyl (C=O) groups is 1. The highest BCUT2D eigenvalue weighted by molar-refractivity contribution is 5.94. The van der Waals surface area contributed by atoms with Gasteiger partial charge in [0, 0.05) is 18.8 Å². The number of hydrogen-bond acceptors (Lipinski definition) is 4. The lowest BCUT2D eigenvalue weighted by atomic mass is 10.1. The lowest BCUT2D eigenvalue weighted by Gasteiger charge is -2.17. The molecule has 0 aliphatic carbocycles. The maximum absolute atomic E-state index is 13.5. The lowest BCUT2D eigenvalue weighted by Crippen LogP contribution is -2.30. The zero-order chi connectivity index (χ0) is 21.5. The van der Waals surface area contributed by atoms with Crippen LogP contribution in [-0.2, 0) is 18.0 Å². The van der Waals surface area contributed by atoms with Crippen LogP contribution in [0.4, 0.5) is 18.9 Å². The first-order chi connectivity index (χ1) is 13.5. The number of ether oxygens (including phenoxy) is 1. The number of benzene rings is 1. The molecule has 1 N–H and O–H groups in total. The molecule has 0 aliphatic heterocycles. The van der Waals surface area contributed by atoms with Crippen molar-refractivity contribution in [3.8, 4) is 5.88 Å². The number of carbonyl (C=O) groups excluding carboxylic acids is 1. The number of hydrogen-bond donors (Lipinski definition) is 1. The van der Waals surface area contributed by atoms with E-state index in [0.717, 1.165) is 17.2 Å². The zero-order valence-corrected chi connectivity index (χ0v) is 16.7. The second-order valence-electron chi connectivity index (χ2n) is 6.98. The van der Waals surface area contributed by atoms with E-state index in [4.69, 9.17) is 4.74 Å². The molecule has 0 bridgehead atoms. The molecule has 2 aromatic heterocycles. The molecule has 0 saturated heterocycles. The van der Waals surface area contributed by atoms with Gasteiger partial charge in [0.15, 0.2) is 11.8 Å². The Hall–Kier alpha value is -3.10. The van der Waals surface area contributed by atoms with Gasteiger partial charge >= 0.3 is 6.18 Å². The molecule has 3 aromatic rings. The summed E-state index contributed by atoms with van der Waals surface area (Å²) in [6.07, 6.45) is -5.67. The molecule has 29 heavy (non-hydrogen) atoms. The summed E-state index contributed by atoms with van der Waals surface area (Å²) in [4.78, 5) is 16.6. The molecule has 0 radical (unpaired) electrons. The van der Waals surface area contributed by atoms with Crippen molar-refractivity contribution in [2.45, 2.75) is 40.0 Å². The minimum atomic E-state index is -4.61. The Bertz CT molecular complexity index is 1090. The summed E-state index contributed by atoms with van der Waals surface area (Å²) in [6.45, 7) is 6.72. The van der Waals surface area contributed by atoms with Gasteiger partial charge in [-0.15, -0.1) is 0 Å². The first-order valence-electron chi connectivity index (χ1n) is 8.93. The Balaban J connectivity index is 1.89. The molecule has 9 heteroatoms. The van der Waals surface area contributed by atoms with E-state index in [1.165, 1.54) is 25.6 Å². The van der Waals surface area contributed by atoms with Crippen molar-refractivity contribution in [2.24, 2.45) is 7.05 Å². The van der Waals surface area contributed by atoms with E-state index >= 15 is 0 Å². The predicted molar refractivity (Wildman–Crippen MR) is 103 cm³/mol. The zero-order valence-electron chi connectivity index (χ0n) is 16.7. The van der Waals surface area contributed by atoms with E-state index in [9.17, 15) is 18.0 Å². The topological polar surface area (TPSA) is 69.0 Å². The first-order valence-corrected chi connectivity index (χ1v) is 8.93. The minimum absolute atomic E-state index is 0.0364. The van der Waals surface area contributed by atoms with Gasteiger partial charge in [0.1, 0.15) is 0 Å². The monoisotopic (exact) mass is 406 g/mol. The van der Waals surface area contributed by atoms with Gasteiger partial charge < -0.3 is 10.1 Å². The van der Waals surface area contributed by atoms with Crippen LogP contribution >= 0.6 is 0 Å². The molecular formula is C20H21F3N4O2. The lowest BCUT2D eigenvalue weighted by molar-refractivity contribution is -0.136. The summed E-state index contributed by atoms with van der Waals surface area (Å²) in [6, 6.07) is 6.33. The maximum atomic E-state index is 13.5. The van der Waals surface area contributed by atoms with Crippen molar-refractivity contribution in [2.75, 3.05) is 5.32 Å². The van der Waals surface area contributed by atoms with Gasteiger partial charge in [-0.25, -0.2) is 0 Å². The van der Waals surface area contributed by atoms with Gasteiger partial charge in [0.05, 0.1) is 16.6 Å². The third kappa shape index (κ3) is 4.18. The van der Waals surface area contributed by atoms with Gasteiger partial charge in [-0.2, -0.15) is 23.3 Å². The number of nitrogens with zero attached hydrogens (tertiary/aromatic N) is 3. The van der Waals surface area contributed by atoms with Crippen LogP contribution in [-0.4, -0.2) is 26.8 Å². The van der Waals surface area contributed by atoms with Crippen LogP contribution in [0.5, 0.6) is 5.88 Å². The fraction of sp³-hybridized carbons (Fsp3) is 0.350. The molecule has 0 unspecified atom stereocenters. The van der Waals surface area contributed by atoms with Gasteiger partial charge in [0.2, 0.25) is 5.88 Å². The molecular weight excluding hydrogens is 385 g/mol. The summed E-state index contributed by atoms with van der Waals surface area (Å²) < 4.78 is 47.4. The van der Waals surface area contributed by atoms with Crippen molar-refractivity contribution in [3.05, 3.63) is 46.6 Å². The van der Waals surface area contributed by atoms with Gasteiger partial charge in [-0.1, -0.05) is 17.7 Å². The van der Waals surface area contributed by atoms with E-state index in [0.29, 0.717) is 5.69 Å². The van der Waals surface area contributed by atoms with Gasteiger partial charge in [-0.05, 0) is 39.3 Å². The number of aryl methyl sites for hydroxylation is 4. The Kier molecular flexibility index (Phi) is 5.25. The number of pyridine rings is 1. The van der Waals surface area contributed by atoms with Crippen LogP contribution in [0.15, 0.2) is 24.3 Å². The first kappa shape index (κ1) is 20.6. The molecule has 1 amide bonds. The predicted octanol–water partition coefficient (Wildman–Crippen LogP) is 4.32. The summed E-state index contributed by atoms with van der Waals surface area (Å²) in [5, 5.41) is 6.65. The number of alkyl halides is 3. The molecule has 0 fully saturated rings. The van der Waals surface area contributed by atoms with E-state index in [2.05, 4.69) is 15.4 Å². The average Bonchev–Trinajstić information content (AvgIpc) is 2.90. The highest BCUT2D eigenvalue weighted by atomic mass is 19.4. The van der Waals surface area contributed by atoms with Crippen LogP contribution in [0, 0.1) is 20.8 Å². The average molecular weight is 406 g/mol. The number of rotatable bonds is 4. The Morgan fingerprint density at radius 2 is 1.90 bits per heavy atom. The summed E-state index contributed by atoms with van der Waals surface area (Å²) in [5.74, 6) is -0.787. The number of halogens is 3. The Morgan fingerprint density at radius 1 is 1.21 bits per heavy atom. The van der Waals surface area contributed by atoms with E-state index in [-0.39, 0.29) is 22.6 Å². The largest absolute Gasteiger partial charge is 0.464 e. The minimum Gasteiger partial charge on any atom is -0.464 e. The van der Waals surface area contributed by atoms with Crippen molar-refractivity contribution in [1.82, 2.24) is 14.8 Å². The van der Waals surface area contributed by atoms with E-state index in [1.54, 1.807) is 6.07 Å². The van der Waals surface area contributed by atoms with Crippen LogP contribution < -0.4 is 10.1 Å². The SMILES string of the molecule is Cc1ccc(NC(=O)[C@H](C)Oc2cc(C(F)(F)F)c3c(C)nn(C)c3n2)c(C)c1. The highest BCUT2D eigenvalue weighted by Crippen LogP contribution is 2.37. The van der Waals surface area contributed by atoms with Gasteiger partial charge in [-0.3, -0.25) is 9.48 Å². The second kappa shape index (κ2) is 7.38. The Labute approximate surface area is 165 Å². The Morgan fingerprint density at radius 3 is 2.52 bits per heavy atom. The standard InChI is InChI=1S/C20H21F3N4O2/c1-10-6-7-15(11(2)8-10)24-19(28)13(4)29-16-9-14(20(21,22)23)17-12(3)26-27(5)18(17)25-16/h6-9,13H,1-5H3,(H,24,28)/t13-/m0/s1. The highest BCUT2D eigenvalue weighted by Gasteiger charge is 2.36. The number of aromatic nitrogens is 3. The van der Waals surface area contributed by atoms with Crippen LogP contribution in [0.3, 0.4) is 0 Å². The number of anilines is 1. The molecule has 154 valence electrons. The fourth-order valence-electron chi connectivity index (χ4n) is 3.13. The molecule has 0 aliphatic rings. The molecule has 0 spiro atoms. The molecule has 2 heterocycles. The molecule has 1 atom stereocenters. The van der Waals surface area contributed by atoms with Crippen LogP contribution in [0.1, 0.15) is 29.3 Å². The number of amides is 1. The smallest absolute Gasteiger partial charge is 0.417 e. The summed E-state index contributed by atoms with van der Waals surface area (Å²) in [5.41, 5.74) is 1.88. The molecule has 1 aromatic carbocycles. The molecule has 3 rings (SSSR count). The number of fused-ring (bicyclic) bond motifs is 1. The van der Waals surface area contributed by atoms with E-state index in [1.807, 2.05) is 26.0 Å². The van der Waals surface area contributed by atoms with Crippen molar-refractivity contribution < 1.29 is 22.7 Å². The summed E-state index contributed by atoms with van der Waals surface area (Å²) >= 11 is 0. The van der Waals surface area contributed by atoms with Crippen molar-refractivity contribution in [3.63, 3.8) is 0 Å². The number of nitrogens with one attached hydrogen (secondary N) is 1. The third-order valence-electron chi connectivity index (χ3n) is 4.56. The van der Waals surface area contributed by atoms with Crippen LogP contribution in [0.2, 0.25) is 0 Å². The normalized spacial score (nSPS) is 12.8. The van der Waals surface area contributed by atoms with E-state index < -0.39 is 23.8 Å². The quantitative estimate of drug-likeness (QED) is 0.701. The molecule has 0 saturated carbocycles. The van der Waals surface area contributed by atoms with Gasteiger partial charge in [0.25, 0.3) is 5.91 Å². The van der Waals surface area contributed by atoms with Crippen molar-refractivity contribution in [1.29, 1.82) is 0 Å². The fourth-order valence-corrected chi connectivity index (χ4v) is 3.13. The maximum Gasteiger partial charge on any atom is 0.417 e. The molecule has 6 nitrogen and oxygen atoms in total. The second-order valence-corrected chi connectivity index (χ2v) is 6.98. The third-order valence-corrected chi connectivity index (χ3v) is 4.56.